The molecule has 0 bridgehead atoms. The number of likely N-dealkylation sites (tertiary alicyclic amines) is 1. The summed E-state index contributed by atoms with van der Waals surface area (Å²) in [4.78, 5) is 14.0. The highest BCUT2D eigenvalue weighted by Crippen LogP contribution is 2.15. The van der Waals surface area contributed by atoms with Gasteiger partial charge in [-0.15, -0.1) is 0 Å². The number of hydrogen-bond acceptors (Lipinski definition) is 5. The van der Waals surface area contributed by atoms with Gasteiger partial charge in [0.1, 0.15) is 0 Å². The smallest absolute Gasteiger partial charge is 0.234 e. The first-order valence-electron chi connectivity index (χ1n) is 7.44. The van der Waals surface area contributed by atoms with Crippen LogP contribution in [0.1, 0.15) is 12.8 Å². The fourth-order valence-electron chi connectivity index (χ4n) is 2.49. The van der Waals surface area contributed by atoms with Gasteiger partial charge in [0, 0.05) is 33.9 Å². The van der Waals surface area contributed by atoms with Crippen LogP contribution in [-0.4, -0.2) is 77.5 Å². The third-order valence-electron chi connectivity index (χ3n) is 3.51. The lowest BCUT2D eigenvalue weighted by molar-refractivity contribution is -0.122. The fourth-order valence-corrected chi connectivity index (χ4v) is 2.49. The molecule has 0 aromatic carbocycles. The Morgan fingerprint density at radius 2 is 2.00 bits per heavy atom. The minimum Gasteiger partial charge on any atom is -0.383 e. The van der Waals surface area contributed by atoms with Gasteiger partial charge in [-0.1, -0.05) is 0 Å². The van der Waals surface area contributed by atoms with Crippen LogP contribution in [-0.2, 0) is 14.3 Å². The van der Waals surface area contributed by atoms with Crippen molar-refractivity contribution < 1.29 is 14.3 Å². The average Bonchev–Trinajstić information content (AvgIpc) is 2.44. The molecule has 0 aliphatic carbocycles. The molecule has 1 heterocycles. The summed E-state index contributed by atoms with van der Waals surface area (Å²) in [6.07, 6.45) is 2.41. The summed E-state index contributed by atoms with van der Waals surface area (Å²) in [6.45, 7) is 6.32. The number of amides is 1. The zero-order valence-electron chi connectivity index (χ0n) is 12.8. The molecule has 0 aromatic heterocycles. The maximum atomic E-state index is 11.8. The van der Waals surface area contributed by atoms with Crippen molar-refractivity contribution in [3.8, 4) is 0 Å². The largest absolute Gasteiger partial charge is 0.383 e. The van der Waals surface area contributed by atoms with Crippen LogP contribution < -0.4 is 10.6 Å². The molecular formula is C14H29N3O3. The van der Waals surface area contributed by atoms with Crippen molar-refractivity contribution in [3.05, 3.63) is 0 Å². The van der Waals surface area contributed by atoms with Crippen molar-refractivity contribution >= 4 is 5.91 Å². The number of piperidine rings is 1. The van der Waals surface area contributed by atoms with Crippen LogP contribution in [0.3, 0.4) is 0 Å². The van der Waals surface area contributed by atoms with E-state index in [4.69, 9.17) is 9.47 Å². The van der Waals surface area contributed by atoms with Gasteiger partial charge in [0.2, 0.25) is 5.91 Å². The number of rotatable bonds is 10. The Kier molecular flexibility index (Phi) is 9.57. The van der Waals surface area contributed by atoms with Gasteiger partial charge in [-0.25, -0.2) is 0 Å². The van der Waals surface area contributed by atoms with E-state index >= 15 is 0 Å². The predicted octanol–water partition coefficient (Wildman–Crippen LogP) is -0.303. The van der Waals surface area contributed by atoms with Crippen molar-refractivity contribution in [2.75, 3.05) is 66.7 Å². The molecule has 1 fully saturated rings. The van der Waals surface area contributed by atoms with Crippen LogP contribution in [0, 0.1) is 5.92 Å². The maximum absolute atomic E-state index is 11.8. The molecule has 1 saturated heterocycles. The molecule has 6 heteroatoms. The van der Waals surface area contributed by atoms with E-state index < -0.39 is 0 Å². The second-order valence-electron chi connectivity index (χ2n) is 5.28. The van der Waals surface area contributed by atoms with E-state index in [0.29, 0.717) is 25.6 Å². The van der Waals surface area contributed by atoms with Crippen LogP contribution in [0.4, 0.5) is 0 Å². The Bertz CT molecular complexity index is 264. The third-order valence-corrected chi connectivity index (χ3v) is 3.51. The highest BCUT2D eigenvalue weighted by Gasteiger charge is 2.21. The lowest BCUT2D eigenvalue weighted by Crippen LogP contribution is -2.45. The molecule has 0 aromatic rings. The van der Waals surface area contributed by atoms with Gasteiger partial charge in [0.05, 0.1) is 19.8 Å². The van der Waals surface area contributed by atoms with Crippen molar-refractivity contribution in [1.82, 2.24) is 15.5 Å². The molecule has 0 radical (unpaired) electrons. The zero-order valence-corrected chi connectivity index (χ0v) is 12.8. The predicted molar refractivity (Wildman–Crippen MR) is 78.8 cm³/mol. The van der Waals surface area contributed by atoms with Crippen molar-refractivity contribution in [3.63, 3.8) is 0 Å². The Hall–Kier alpha value is -0.690. The van der Waals surface area contributed by atoms with E-state index in [1.54, 1.807) is 14.2 Å². The minimum absolute atomic E-state index is 0.0926. The monoisotopic (exact) mass is 287 g/mol. The molecule has 0 saturated carbocycles. The van der Waals surface area contributed by atoms with Gasteiger partial charge in [0.25, 0.3) is 0 Å². The summed E-state index contributed by atoms with van der Waals surface area (Å²) < 4.78 is 9.93. The molecule has 1 rings (SSSR count). The summed E-state index contributed by atoms with van der Waals surface area (Å²) >= 11 is 0. The van der Waals surface area contributed by atoms with E-state index in [1.807, 2.05) is 0 Å². The van der Waals surface area contributed by atoms with Crippen molar-refractivity contribution in [1.29, 1.82) is 0 Å². The Morgan fingerprint density at radius 3 is 2.75 bits per heavy atom. The summed E-state index contributed by atoms with van der Waals surface area (Å²) in [5.41, 5.74) is 0. The van der Waals surface area contributed by atoms with E-state index in [2.05, 4.69) is 15.5 Å². The maximum Gasteiger partial charge on any atom is 0.234 e. The summed E-state index contributed by atoms with van der Waals surface area (Å²) in [7, 11) is 3.35. The minimum atomic E-state index is 0.0926. The molecule has 118 valence electrons. The van der Waals surface area contributed by atoms with Crippen LogP contribution >= 0.6 is 0 Å². The van der Waals surface area contributed by atoms with E-state index in [1.165, 1.54) is 12.8 Å². The summed E-state index contributed by atoms with van der Waals surface area (Å²) in [6, 6.07) is 0. The molecule has 1 atom stereocenters. The first-order chi connectivity index (χ1) is 9.76. The molecule has 6 nitrogen and oxygen atoms in total. The van der Waals surface area contributed by atoms with Crippen LogP contribution in [0.5, 0.6) is 0 Å². The lowest BCUT2D eigenvalue weighted by atomic mass is 9.98. The second-order valence-corrected chi connectivity index (χ2v) is 5.28. The fraction of sp³-hybridized carbons (Fsp3) is 0.929. The number of nitrogens with one attached hydrogen (secondary N) is 2. The molecule has 20 heavy (non-hydrogen) atoms. The zero-order chi connectivity index (χ0) is 14.6. The number of ether oxygens (including phenoxy) is 2. The van der Waals surface area contributed by atoms with E-state index in [9.17, 15) is 4.79 Å². The highest BCUT2D eigenvalue weighted by molar-refractivity contribution is 5.77. The first kappa shape index (κ1) is 17.4. The van der Waals surface area contributed by atoms with Crippen LogP contribution in [0.2, 0.25) is 0 Å². The SMILES string of the molecule is COCCNCC1CCCN(CC(=O)NCCOC)C1. The van der Waals surface area contributed by atoms with Crippen molar-refractivity contribution in [2.24, 2.45) is 5.92 Å². The quantitative estimate of drug-likeness (QED) is 0.540. The summed E-state index contributed by atoms with van der Waals surface area (Å²) in [5.74, 6) is 0.724. The number of carbonyl (C=O) groups excluding carboxylic acids is 1. The highest BCUT2D eigenvalue weighted by atomic mass is 16.5. The topological polar surface area (TPSA) is 62.8 Å². The molecule has 1 amide bonds. The number of carbonyl (C=O) groups is 1. The number of nitrogens with zero attached hydrogens (tertiary/aromatic N) is 1. The van der Waals surface area contributed by atoms with E-state index in [-0.39, 0.29) is 5.91 Å². The lowest BCUT2D eigenvalue weighted by Gasteiger charge is -2.32. The molecule has 1 aliphatic heterocycles. The normalized spacial score (nSPS) is 20.0. The number of hydrogen-bond donors (Lipinski definition) is 2. The molecular weight excluding hydrogens is 258 g/mol. The first-order valence-corrected chi connectivity index (χ1v) is 7.44. The average molecular weight is 287 g/mol. The van der Waals surface area contributed by atoms with Crippen LogP contribution in [0.25, 0.3) is 0 Å². The van der Waals surface area contributed by atoms with E-state index in [0.717, 1.165) is 32.8 Å². The Morgan fingerprint density at radius 1 is 1.25 bits per heavy atom. The van der Waals surface area contributed by atoms with Gasteiger partial charge in [-0.3, -0.25) is 9.69 Å². The standard InChI is InChI=1S/C14H29N3O3/c1-19-8-5-15-10-13-4-3-7-17(11-13)12-14(18)16-6-9-20-2/h13,15H,3-12H2,1-2H3,(H,16,18). The van der Waals surface area contributed by atoms with Crippen molar-refractivity contribution in [2.45, 2.75) is 12.8 Å². The number of methoxy groups -OCH3 is 2. The second kappa shape index (κ2) is 11.0. The van der Waals surface area contributed by atoms with Gasteiger partial charge >= 0.3 is 0 Å². The molecule has 1 aliphatic rings. The third kappa shape index (κ3) is 7.79. The van der Waals surface area contributed by atoms with Gasteiger partial charge in [0.15, 0.2) is 0 Å². The molecule has 2 N–H and O–H groups in total. The Labute approximate surface area is 122 Å². The molecule has 0 spiro atoms. The van der Waals surface area contributed by atoms with Gasteiger partial charge in [-0.2, -0.15) is 0 Å². The molecule has 1 unspecified atom stereocenters. The Balaban J connectivity index is 2.14. The summed E-state index contributed by atoms with van der Waals surface area (Å²) in [5, 5.41) is 6.27. The van der Waals surface area contributed by atoms with Crippen LogP contribution in [0.15, 0.2) is 0 Å². The van der Waals surface area contributed by atoms with Gasteiger partial charge in [-0.05, 0) is 31.8 Å². The van der Waals surface area contributed by atoms with Gasteiger partial charge < -0.3 is 20.1 Å².